The van der Waals surface area contributed by atoms with Crippen molar-refractivity contribution in [3.63, 3.8) is 0 Å². The molecule has 5 nitrogen and oxygen atoms in total. The number of fused-ring (bicyclic) bond motifs is 4. The zero-order chi connectivity index (χ0) is 17.7. The van der Waals surface area contributed by atoms with Gasteiger partial charge >= 0.3 is 0 Å². The lowest BCUT2D eigenvalue weighted by atomic mass is 9.81. The third kappa shape index (κ3) is 2.42. The van der Waals surface area contributed by atoms with Crippen LogP contribution in [0.5, 0.6) is 23.0 Å². The van der Waals surface area contributed by atoms with Gasteiger partial charge in [0.2, 0.25) is 0 Å². The van der Waals surface area contributed by atoms with E-state index in [2.05, 4.69) is 11.8 Å². The number of benzene rings is 2. The van der Waals surface area contributed by atoms with Crippen molar-refractivity contribution in [3.05, 3.63) is 46.5 Å². The van der Waals surface area contributed by atoms with E-state index in [0.29, 0.717) is 11.5 Å². The summed E-state index contributed by atoms with van der Waals surface area (Å²) < 4.78 is 10.5. The van der Waals surface area contributed by atoms with E-state index in [0.717, 1.165) is 30.5 Å². The highest BCUT2D eigenvalue weighted by Crippen LogP contribution is 2.47. The minimum absolute atomic E-state index is 0.176. The van der Waals surface area contributed by atoms with Gasteiger partial charge in [0, 0.05) is 18.6 Å². The van der Waals surface area contributed by atoms with E-state index in [9.17, 15) is 10.2 Å². The lowest BCUT2D eigenvalue weighted by Crippen LogP contribution is -2.41. The number of hydrogen-bond donors (Lipinski definition) is 2. The van der Waals surface area contributed by atoms with E-state index in [1.807, 2.05) is 24.3 Å². The molecule has 4 rings (SSSR count). The quantitative estimate of drug-likeness (QED) is 0.877. The minimum Gasteiger partial charge on any atom is -0.504 e. The van der Waals surface area contributed by atoms with Gasteiger partial charge in [0.1, 0.15) is 0 Å². The molecule has 132 valence electrons. The number of aromatic hydroxyl groups is 2. The number of phenolic OH excluding ortho intramolecular Hbond substituents is 2. The molecule has 0 bridgehead atoms. The smallest absolute Gasteiger partial charge is 0.160 e. The number of ether oxygens (including phenoxy) is 2. The largest absolute Gasteiger partial charge is 0.504 e. The number of methoxy groups -OCH3 is 2. The van der Waals surface area contributed by atoms with E-state index in [1.54, 1.807) is 14.2 Å². The predicted octanol–water partition coefficient (Wildman–Crippen LogP) is 3.33. The number of hydrogen-bond acceptors (Lipinski definition) is 5. The van der Waals surface area contributed by atoms with Gasteiger partial charge in [-0.1, -0.05) is 0 Å². The van der Waals surface area contributed by atoms with Crippen LogP contribution in [0.25, 0.3) is 0 Å². The fourth-order valence-corrected chi connectivity index (χ4v) is 4.34. The van der Waals surface area contributed by atoms with Gasteiger partial charge in [0.25, 0.3) is 0 Å². The number of phenols is 2. The van der Waals surface area contributed by atoms with Crippen molar-refractivity contribution in [3.8, 4) is 23.0 Å². The highest BCUT2D eigenvalue weighted by atomic mass is 16.5. The third-order valence-electron chi connectivity index (χ3n) is 5.64. The molecule has 0 fully saturated rings. The van der Waals surface area contributed by atoms with Gasteiger partial charge in [0.05, 0.1) is 14.2 Å². The van der Waals surface area contributed by atoms with Gasteiger partial charge in [-0.05, 0) is 66.3 Å². The van der Waals surface area contributed by atoms with Gasteiger partial charge in [0.15, 0.2) is 23.0 Å². The molecule has 2 aliphatic heterocycles. The maximum Gasteiger partial charge on any atom is 0.160 e. The Bertz CT molecular complexity index is 833. The zero-order valence-corrected chi connectivity index (χ0v) is 14.7. The Morgan fingerprint density at radius 1 is 0.920 bits per heavy atom. The highest BCUT2D eigenvalue weighted by molar-refractivity contribution is 5.52. The summed E-state index contributed by atoms with van der Waals surface area (Å²) in [7, 11) is 3.15. The van der Waals surface area contributed by atoms with Crippen molar-refractivity contribution >= 4 is 0 Å². The zero-order valence-electron chi connectivity index (χ0n) is 14.7. The highest BCUT2D eigenvalue weighted by Gasteiger charge is 2.37. The van der Waals surface area contributed by atoms with Crippen LogP contribution in [0.1, 0.15) is 41.3 Å². The molecule has 0 saturated carbocycles. The van der Waals surface area contributed by atoms with E-state index >= 15 is 0 Å². The Kier molecular flexibility index (Phi) is 3.76. The molecule has 2 aromatic rings. The summed E-state index contributed by atoms with van der Waals surface area (Å²) in [5, 5.41) is 20.4. The van der Waals surface area contributed by atoms with Crippen LogP contribution in [-0.2, 0) is 12.8 Å². The normalized spacial score (nSPS) is 21.9. The molecule has 0 saturated heterocycles. The molecular formula is C20H23NO4. The van der Waals surface area contributed by atoms with Crippen LogP contribution in [0.3, 0.4) is 0 Å². The lowest BCUT2D eigenvalue weighted by molar-refractivity contribution is 0.117. The standard InChI is InChI=1S/C20H23NO4/c1-11-14-10-20(25-3)17(22)7-13(14)6-16-15-9-18(23)19(24-2)8-12(15)4-5-21(11)16/h7-11,16,22-23H,4-6H2,1-3H3/t11-,16+/m0/s1. The minimum atomic E-state index is 0.176. The van der Waals surface area contributed by atoms with Gasteiger partial charge in [-0.25, -0.2) is 0 Å². The second-order valence-corrected chi connectivity index (χ2v) is 6.83. The Labute approximate surface area is 147 Å². The van der Waals surface area contributed by atoms with E-state index in [4.69, 9.17) is 9.47 Å². The molecule has 0 aliphatic carbocycles. The molecule has 0 amide bonds. The van der Waals surface area contributed by atoms with E-state index in [-0.39, 0.29) is 23.6 Å². The molecule has 2 aliphatic rings. The Hall–Kier alpha value is -2.40. The summed E-state index contributed by atoms with van der Waals surface area (Å²) in [5.41, 5.74) is 4.71. The first-order chi connectivity index (χ1) is 12.0. The number of nitrogens with zero attached hydrogens (tertiary/aromatic N) is 1. The van der Waals surface area contributed by atoms with Crippen molar-refractivity contribution in [1.82, 2.24) is 4.90 Å². The monoisotopic (exact) mass is 341 g/mol. The summed E-state index contributed by atoms with van der Waals surface area (Å²) >= 11 is 0. The topological polar surface area (TPSA) is 62.2 Å². The SMILES string of the molecule is COc1cc2c(cc1O)[C@H]1Cc3cc(O)c(OC)cc3[C@H](C)N1CC2. The molecular weight excluding hydrogens is 318 g/mol. The first-order valence-corrected chi connectivity index (χ1v) is 8.58. The van der Waals surface area contributed by atoms with Crippen LogP contribution in [0.2, 0.25) is 0 Å². The van der Waals surface area contributed by atoms with Gasteiger partial charge < -0.3 is 19.7 Å². The molecule has 2 N–H and O–H groups in total. The van der Waals surface area contributed by atoms with Crippen LogP contribution in [0.4, 0.5) is 0 Å². The second kappa shape index (κ2) is 5.85. The summed E-state index contributed by atoms with van der Waals surface area (Å²) in [6.45, 7) is 3.14. The molecule has 2 atom stereocenters. The summed E-state index contributed by atoms with van der Waals surface area (Å²) in [5.74, 6) is 1.40. The molecule has 0 aromatic heterocycles. The Morgan fingerprint density at radius 3 is 2.32 bits per heavy atom. The summed E-state index contributed by atoms with van der Waals surface area (Å²) in [4.78, 5) is 2.47. The van der Waals surface area contributed by atoms with Gasteiger partial charge in [-0.2, -0.15) is 0 Å². The second-order valence-electron chi connectivity index (χ2n) is 6.83. The van der Waals surface area contributed by atoms with E-state index in [1.165, 1.54) is 11.1 Å². The Balaban J connectivity index is 1.80. The first kappa shape index (κ1) is 16.1. The van der Waals surface area contributed by atoms with Crippen LogP contribution >= 0.6 is 0 Å². The average molecular weight is 341 g/mol. The molecule has 2 heterocycles. The van der Waals surface area contributed by atoms with Crippen molar-refractivity contribution in [2.24, 2.45) is 0 Å². The van der Waals surface area contributed by atoms with Crippen molar-refractivity contribution in [1.29, 1.82) is 0 Å². The summed E-state index contributed by atoms with van der Waals surface area (Å²) in [6.07, 6.45) is 1.73. The Morgan fingerprint density at radius 2 is 1.60 bits per heavy atom. The van der Waals surface area contributed by atoms with Gasteiger partial charge in [-0.3, -0.25) is 4.90 Å². The van der Waals surface area contributed by atoms with Crippen LogP contribution < -0.4 is 9.47 Å². The first-order valence-electron chi connectivity index (χ1n) is 8.58. The van der Waals surface area contributed by atoms with Crippen molar-refractivity contribution < 1.29 is 19.7 Å². The van der Waals surface area contributed by atoms with Crippen LogP contribution in [0, 0.1) is 0 Å². The van der Waals surface area contributed by atoms with Crippen molar-refractivity contribution in [2.45, 2.75) is 31.8 Å². The van der Waals surface area contributed by atoms with Crippen molar-refractivity contribution in [2.75, 3.05) is 20.8 Å². The lowest BCUT2D eigenvalue weighted by Gasteiger charge is -2.45. The van der Waals surface area contributed by atoms with Gasteiger partial charge in [-0.15, -0.1) is 0 Å². The molecule has 25 heavy (non-hydrogen) atoms. The van der Waals surface area contributed by atoms with Crippen LogP contribution in [-0.4, -0.2) is 35.9 Å². The average Bonchev–Trinajstić information content (AvgIpc) is 2.61. The predicted molar refractivity (Wildman–Crippen MR) is 94.6 cm³/mol. The fraction of sp³-hybridized carbons (Fsp3) is 0.400. The molecule has 0 unspecified atom stereocenters. The molecule has 5 heteroatoms. The fourth-order valence-electron chi connectivity index (χ4n) is 4.34. The molecule has 0 radical (unpaired) electrons. The molecule has 0 spiro atoms. The maximum absolute atomic E-state index is 10.2. The number of rotatable bonds is 2. The van der Waals surface area contributed by atoms with E-state index < -0.39 is 0 Å². The third-order valence-corrected chi connectivity index (χ3v) is 5.64. The maximum atomic E-state index is 10.2. The van der Waals surface area contributed by atoms with Crippen LogP contribution in [0.15, 0.2) is 24.3 Å². The summed E-state index contributed by atoms with van der Waals surface area (Å²) in [6, 6.07) is 7.97. The molecule has 2 aromatic carbocycles.